The lowest BCUT2D eigenvalue weighted by atomic mass is 10.3. The zero-order valence-corrected chi connectivity index (χ0v) is 11.1. The molecule has 1 N–H and O–H groups in total. The minimum atomic E-state index is 0.730. The Balaban J connectivity index is 1.84. The van der Waals surface area contributed by atoms with Crippen LogP contribution in [0.1, 0.15) is 11.1 Å². The molecule has 0 radical (unpaired) electrons. The van der Waals surface area contributed by atoms with Gasteiger partial charge >= 0.3 is 0 Å². The fraction of sp³-hybridized carbons (Fsp3) is 0.0769. The van der Waals surface area contributed by atoms with Crippen molar-refractivity contribution in [1.82, 2.24) is 15.0 Å². The maximum Gasteiger partial charge on any atom is 0.167 e. The Morgan fingerprint density at radius 1 is 1.26 bits per heavy atom. The van der Waals surface area contributed by atoms with Crippen LogP contribution in [0, 0.1) is 6.92 Å². The van der Waals surface area contributed by atoms with E-state index in [2.05, 4.69) is 30.9 Å². The maximum absolute atomic E-state index is 4.27. The summed E-state index contributed by atoms with van der Waals surface area (Å²) in [4.78, 5) is 12.4. The van der Waals surface area contributed by atoms with Crippen LogP contribution in [0.25, 0.3) is 10.2 Å². The fourth-order valence-electron chi connectivity index (χ4n) is 1.67. The summed E-state index contributed by atoms with van der Waals surface area (Å²) >= 11 is 1.62. The molecule has 19 heavy (non-hydrogen) atoms. The van der Waals surface area contributed by atoms with Gasteiger partial charge in [-0.25, -0.2) is 9.97 Å². The Morgan fingerprint density at radius 2 is 2.11 bits per heavy atom. The summed E-state index contributed by atoms with van der Waals surface area (Å²) in [5.41, 5.74) is 6.07. The zero-order valence-electron chi connectivity index (χ0n) is 10.2. The average Bonchev–Trinajstić information content (AvgIpc) is 2.83. The van der Waals surface area contributed by atoms with E-state index in [9.17, 15) is 0 Å². The van der Waals surface area contributed by atoms with Crippen molar-refractivity contribution < 1.29 is 0 Å². The molecule has 3 aromatic heterocycles. The van der Waals surface area contributed by atoms with E-state index in [-0.39, 0.29) is 0 Å². The molecule has 0 aliphatic rings. The molecule has 0 spiro atoms. The molecule has 0 amide bonds. The molecule has 0 aromatic carbocycles. The molecule has 0 aliphatic heterocycles. The summed E-state index contributed by atoms with van der Waals surface area (Å²) in [5, 5.41) is 6.25. The van der Waals surface area contributed by atoms with Crippen molar-refractivity contribution in [2.45, 2.75) is 6.92 Å². The van der Waals surface area contributed by atoms with Crippen LogP contribution in [0.2, 0.25) is 0 Å². The van der Waals surface area contributed by atoms with Crippen LogP contribution < -0.4 is 5.43 Å². The predicted octanol–water partition coefficient (Wildman–Crippen LogP) is 2.84. The van der Waals surface area contributed by atoms with Gasteiger partial charge in [-0.05, 0) is 35.6 Å². The van der Waals surface area contributed by atoms with E-state index >= 15 is 0 Å². The quantitative estimate of drug-likeness (QED) is 0.586. The van der Waals surface area contributed by atoms with Gasteiger partial charge in [0.05, 0.1) is 16.4 Å². The molecule has 0 saturated carbocycles. The topological polar surface area (TPSA) is 63.1 Å². The van der Waals surface area contributed by atoms with Gasteiger partial charge in [-0.15, -0.1) is 11.3 Å². The number of hydrogen-bond donors (Lipinski definition) is 1. The molecule has 0 fully saturated rings. The number of anilines is 1. The Bertz CT molecular complexity index is 720. The molecule has 3 heterocycles. The summed E-state index contributed by atoms with van der Waals surface area (Å²) in [6, 6.07) is 3.77. The summed E-state index contributed by atoms with van der Waals surface area (Å²) in [6.45, 7) is 2.04. The van der Waals surface area contributed by atoms with Gasteiger partial charge in [-0.1, -0.05) is 0 Å². The van der Waals surface area contributed by atoms with Crippen molar-refractivity contribution in [1.29, 1.82) is 0 Å². The number of nitrogens with zero attached hydrogens (tertiary/aromatic N) is 4. The Kier molecular flexibility index (Phi) is 3.16. The van der Waals surface area contributed by atoms with Crippen molar-refractivity contribution >= 4 is 33.6 Å². The number of aromatic nitrogens is 3. The Hall–Kier alpha value is -2.34. The molecule has 0 aliphatic carbocycles. The second-order valence-corrected chi connectivity index (χ2v) is 4.85. The largest absolute Gasteiger partial charge is 0.265 e. The van der Waals surface area contributed by atoms with E-state index in [1.54, 1.807) is 36.3 Å². The Labute approximate surface area is 114 Å². The normalized spacial score (nSPS) is 11.2. The van der Waals surface area contributed by atoms with Crippen LogP contribution in [0.4, 0.5) is 5.82 Å². The number of hydrogen-bond acceptors (Lipinski definition) is 6. The molecule has 0 saturated heterocycles. The highest BCUT2D eigenvalue weighted by atomic mass is 32.1. The first-order valence-electron chi connectivity index (χ1n) is 5.72. The third kappa shape index (κ3) is 2.43. The minimum Gasteiger partial charge on any atom is -0.265 e. The first-order chi connectivity index (χ1) is 9.34. The smallest absolute Gasteiger partial charge is 0.167 e. The highest BCUT2D eigenvalue weighted by Gasteiger charge is 2.06. The minimum absolute atomic E-state index is 0.730. The van der Waals surface area contributed by atoms with Gasteiger partial charge in [-0.2, -0.15) is 5.10 Å². The van der Waals surface area contributed by atoms with Gasteiger partial charge in [0.1, 0.15) is 6.33 Å². The van der Waals surface area contributed by atoms with Crippen LogP contribution in [0.15, 0.2) is 41.3 Å². The lowest BCUT2D eigenvalue weighted by Gasteiger charge is -2.00. The maximum atomic E-state index is 4.27. The van der Waals surface area contributed by atoms with Crippen LogP contribution >= 0.6 is 11.3 Å². The van der Waals surface area contributed by atoms with Gasteiger partial charge < -0.3 is 0 Å². The van der Waals surface area contributed by atoms with E-state index < -0.39 is 0 Å². The number of rotatable bonds is 3. The van der Waals surface area contributed by atoms with E-state index in [1.807, 2.05) is 19.1 Å². The molecular formula is C13H11N5S. The SMILES string of the molecule is Cc1csc2c(N/N=C/c3ccncc3)ncnc12. The van der Waals surface area contributed by atoms with Crippen molar-refractivity contribution in [2.75, 3.05) is 5.43 Å². The number of pyridine rings is 1. The van der Waals surface area contributed by atoms with E-state index in [4.69, 9.17) is 0 Å². The van der Waals surface area contributed by atoms with E-state index in [1.165, 1.54) is 0 Å². The third-order valence-corrected chi connectivity index (χ3v) is 3.71. The second kappa shape index (κ2) is 5.11. The van der Waals surface area contributed by atoms with Gasteiger partial charge in [0, 0.05) is 12.4 Å². The molecule has 0 bridgehead atoms. The summed E-state index contributed by atoms with van der Waals surface area (Å²) in [5.74, 6) is 0.730. The number of aryl methyl sites for hydroxylation is 1. The highest BCUT2D eigenvalue weighted by molar-refractivity contribution is 7.18. The lowest BCUT2D eigenvalue weighted by molar-refractivity contribution is 1.18. The van der Waals surface area contributed by atoms with Crippen molar-refractivity contribution in [3.8, 4) is 0 Å². The molecule has 0 unspecified atom stereocenters. The van der Waals surface area contributed by atoms with Crippen LogP contribution in [-0.2, 0) is 0 Å². The molecule has 3 rings (SSSR count). The molecule has 3 aromatic rings. The van der Waals surface area contributed by atoms with Crippen molar-refractivity contribution in [3.05, 3.63) is 47.4 Å². The summed E-state index contributed by atoms with van der Waals surface area (Å²) < 4.78 is 1.02. The van der Waals surface area contributed by atoms with Crippen molar-refractivity contribution in [2.24, 2.45) is 5.10 Å². The standard InChI is InChI=1S/C13H11N5S/c1-9-7-19-12-11(9)15-8-16-13(12)18-17-6-10-2-4-14-5-3-10/h2-8H,1H3,(H,15,16,18)/b17-6+. The van der Waals surface area contributed by atoms with Crippen LogP contribution in [-0.4, -0.2) is 21.2 Å². The number of fused-ring (bicyclic) bond motifs is 1. The molecule has 0 atom stereocenters. The second-order valence-electron chi connectivity index (χ2n) is 3.97. The lowest BCUT2D eigenvalue weighted by Crippen LogP contribution is -1.94. The number of nitrogens with one attached hydrogen (secondary N) is 1. The van der Waals surface area contributed by atoms with E-state index in [0.717, 1.165) is 27.2 Å². The van der Waals surface area contributed by atoms with Gasteiger partial charge in [0.2, 0.25) is 0 Å². The Morgan fingerprint density at radius 3 is 2.95 bits per heavy atom. The number of hydrazone groups is 1. The fourth-order valence-corrected chi connectivity index (χ4v) is 2.61. The van der Waals surface area contributed by atoms with Crippen LogP contribution in [0.5, 0.6) is 0 Å². The summed E-state index contributed by atoms with van der Waals surface area (Å²) in [7, 11) is 0. The van der Waals surface area contributed by atoms with Crippen molar-refractivity contribution in [3.63, 3.8) is 0 Å². The molecule has 6 heteroatoms. The van der Waals surface area contributed by atoms with Gasteiger partial charge in [-0.3, -0.25) is 10.4 Å². The molecule has 94 valence electrons. The molecule has 5 nitrogen and oxygen atoms in total. The number of thiophene rings is 1. The first-order valence-corrected chi connectivity index (χ1v) is 6.60. The monoisotopic (exact) mass is 269 g/mol. The van der Waals surface area contributed by atoms with Crippen LogP contribution in [0.3, 0.4) is 0 Å². The zero-order chi connectivity index (χ0) is 13.1. The predicted molar refractivity (Wildman–Crippen MR) is 77.6 cm³/mol. The third-order valence-electron chi connectivity index (χ3n) is 2.62. The van der Waals surface area contributed by atoms with E-state index in [0.29, 0.717) is 0 Å². The first kappa shape index (κ1) is 11.7. The van der Waals surface area contributed by atoms with Gasteiger partial charge in [0.15, 0.2) is 5.82 Å². The molecular weight excluding hydrogens is 258 g/mol. The average molecular weight is 269 g/mol. The summed E-state index contributed by atoms with van der Waals surface area (Å²) in [6.07, 6.45) is 6.74. The highest BCUT2D eigenvalue weighted by Crippen LogP contribution is 2.28. The van der Waals surface area contributed by atoms with Gasteiger partial charge in [0.25, 0.3) is 0 Å².